The van der Waals surface area contributed by atoms with Gasteiger partial charge in [-0.15, -0.1) is 5.10 Å². The number of amides is 1. The number of ether oxygens (including phenoxy) is 1. The molecule has 2 aromatic carbocycles. The number of nitrogens with one attached hydrogen (secondary N) is 2. The van der Waals surface area contributed by atoms with Crippen molar-refractivity contribution in [2.75, 3.05) is 12.4 Å². The van der Waals surface area contributed by atoms with E-state index in [-0.39, 0.29) is 11.9 Å². The Morgan fingerprint density at radius 2 is 2.00 bits per heavy atom. The molecule has 0 fully saturated rings. The van der Waals surface area contributed by atoms with Crippen molar-refractivity contribution >= 4 is 34.2 Å². The van der Waals surface area contributed by atoms with Gasteiger partial charge in [0.25, 0.3) is 5.91 Å². The van der Waals surface area contributed by atoms with Gasteiger partial charge in [-0.1, -0.05) is 6.07 Å². The number of methoxy groups -OCH3 is 1. The molecule has 142 valence electrons. The number of anilines is 1. The van der Waals surface area contributed by atoms with Crippen LogP contribution in [-0.4, -0.2) is 29.7 Å². The molecule has 0 aliphatic heterocycles. The molecule has 4 rings (SSSR count). The number of rotatable bonds is 4. The number of hydrogen-bond donors (Lipinski definition) is 4. The molecule has 1 aliphatic carbocycles. The number of fused-ring (bicyclic) bond motifs is 2. The van der Waals surface area contributed by atoms with Crippen LogP contribution in [0, 0.1) is 0 Å². The number of carbonyl (C=O) groups is 1. The van der Waals surface area contributed by atoms with E-state index < -0.39 is 0 Å². The Morgan fingerprint density at radius 1 is 1.14 bits per heavy atom. The second-order valence-electron chi connectivity index (χ2n) is 6.53. The fourth-order valence-electron chi connectivity index (χ4n) is 3.33. The highest BCUT2D eigenvalue weighted by molar-refractivity contribution is 6.08. The van der Waals surface area contributed by atoms with E-state index >= 15 is 0 Å². The van der Waals surface area contributed by atoms with Crippen molar-refractivity contribution in [1.82, 2.24) is 4.98 Å². The molecule has 1 aromatic heterocycles. The SMILES string of the molecule is COc1ccc2[nH]c(C(=O)Nc3ccc4c(c3)CC/C4=N/N=C(N)N)cc2c1. The van der Waals surface area contributed by atoms with E-state index in [1.807, 2.05) is 36.4 Å². The number of aryl methyl sites for hydroxylation is 1. The Kier molecular flexibility index (Phi) is 4.44. The normalized spacial score (nSPS) is 14.1. The van der Waals surface area contributed by atoms with Crippen LogP contribution >= 0.6 is 0 Å². The van der Waals surface area contributed by atoms with Gasteiger partial charge >= 0.3 is 0 Å². The first-order valence-corrected chi connectivity index (χ1v) is 8.80. The van der Waals surface area contributed by atoms with Crippen LogP contribution < -0.4 is 21.5 Å². The van der Waals surface area contributed by atoms with Crippen molar-refractivity contribution < 1.29 is 9.53 Å². The van der Waals surface area contributed by atoms with Crippen LogP contribution in [0.1, 0.15) is 28.0 Å². The average molecular weight is 376 g/mol. The number of nitrogens with zero attached hydrogens (tertiary/aromatic N) is 2. The van der Waals surface area contributed by atoms with E-state index in [9.17, 15) is 4.79 Å². The average Bonchev–Trinajstić information content (AvgIpc) is 3.29. The molecule has 1 amide bonds. The minimum Gasteiger partial charge on any atom is -0.497 e. The third-order valence-corrected chi connectivity index (χ3v) is 4.66. The van der Waals surface area contributed by atoms with Gasteiger partial charge < -0.3 is 26.5 Å². The maximum Gasteiger partial charge on any atom is 0.272 e. The first kappa shape index (κ1) is 17.6. The summed E-state index contributed by atoms with van der Waals surface area (Å²) in [6, 6.07) is 13.2. The summed E-state index contributed by atoms with van der Waals surface area (Å²) in [6.45, 7) is 0. The molecular weight excluding hydrogens is 356 g/mol. The van der Waals surface area contributed by atoms with Crippen LogP contribution in [0.5, 0.6) is 5.75 Å². The molecule has 6 N–H and O–H groups in total. The summed E-state index contributed by atoms with van der Waals surface area (Å²) in [5, 5.41) is 11.7. The Balaban J connectivity index is 1.54. The number of nitrogens with two attached hydrogens (primary N) is 2. The highest BCUT2D eigenvalue weighted by atomic mass is 16.5. The number of guanidine groups is 1. The molecule has 8 nitrogen and oxygen atoms in total. The van der Waals surface area contributed by atoms with Crippen molar-refractivity contribution in [2.45, 2.75) is 12.8 Å². The highest BCUT2D eigenvalue weighted by Crippen LogP contribution is 2.27. The maximum absolute atomic E-state index is 12.6. The molecule has 0 atom stereocenters. The standard InChI is InChI=1S/C20H20N6O2/c1-28-14-4-7-16-12(9-14)10-18(24-16)19(27)23-13-3-5-15-11(8-13)2-6-17(15)25-26-20(21)22/h3-5,7-10,24H,2,6H2,1H3,(H,23,27)(H4,21,22,26)/b25-17-. The Hall–Kier alpha value is -3.81. The molecule has 0 saturated heterocycles. The number of aromatic amines is 1. The molecule has 3 aromatic rings. The molecule has 0 radical (unpaired) electrons. The number of benzene rings is 2. The van der Waals surface area contributed by atoms with E-state index in [1.165, 1.54) is 0 Å². The lowest BCUT2D eigenvalue weighted by molar-refractivity contribution is 0.102. The minimum atomic E-state index is -0.206. The topological polar surface area (TPSA) is 131 Å². The molecule has 28 heavy (non-hydrogen) atoms. The van der Waals surface area contributed by atoms with Gasteiger partial charge in [-0.25, -0.2) is 0 Å². The number of carbonyl (C=O) groups excluding carboxylic acids is 1. The molecule has 1 aliphatic rings. The van der Waals surface area contributed by atoms with E-state index in [2.05, 4.69) is 20.5 Å². The monoisotopic (exact) mass is 376 g/mol. The summed E-state index contributed by atoms with van der Waals surface area (Å²) in [7, 11) is 1.61. The largest absolute Gasteiger partial charge is 0.497 e. The molecule has 0 unspecified atom stereocenters. The Morgan fingerprint density at radius 3 is 2.79 bits per heavy atom. The summed E-state index contributed by atoms with van der Waals surface area (Å²) in [4.78, 5) is 15.8. The maximum atomic E-state index is 12.6. The van der Waals surface area contributed by atoms with Crippen molar-refractivity contribution in [3.05, 3.63) is 59.3 Å². The summed E-state index contributed by atoms with van der Waals surface area (Å²) < 4.78 is 5.22. The third kappa shape index (κ3) is 3.39. The van der Waals surface area contributed by atoms with Gasteiger partial charge in [0, 0.05) is 22.2 Å². The van der Waals surface area contributed by atoms with Crippen LogP contribution in [0.2, 0.25) is 0 Å². The van der Waals surface area contributed by atoms with Crippen molar-refractivity contribution in [1.29, 1.82) is 0 Å². The van der Waals surface area contributed by atoms with Gasteiger partial charge in [0.05, 0.1) is 12.8 Å². The van der Waals surface area contributed by atoms with Gasteiger partial charge in [-0.3, -0.25) is 4.79 Å². The first-order chi connectivity index (χ1) is 13.5. The zero-order valence-corrected chi connectivity index (χ0v) is 15.3. The number of aromatic nitrogens is 1. The van der Waals surface area contributed by atoms with Gasteiger partial charge in [-0.05, 0) is 54.8 Å². The van der Waals surface area contributed by atoms with E-state index in [4.69, 9.17) is 16.2 Å². The summed E-state index contributed by atoms with van der Waals surface area (Å²) in [5.74, 6) is 0.471. The molecule has 1 heterocycles. The Labute approximate surface area is 161 Å². The second kappa shape index (κ2) is 7.07. The van der Waals surface area contributed by atoms with Crippen LogP contribution in [0.25, 0.3) is 10.9 Å². The fraction of sp³-hybridized carbons (Fsp3) is 0.150. The molecule has 8 heteroatoms. The summed E-state index contributed by atoms with van der Waals surface area (Å²) in [6.07, 6.45) is 1.58. The van der Waals surface area contributed by atoms with Crippen molar-refractivity contribution in [3.63, 3.8) is 0 Å². The third-order valence-electron chi connectivity index (χ3n) is 4.66. The summed E-state index contributed by atoms with van der Waals surface area (Å²) in [5.41, 5.74) is 15.7. The van der Waals surface area contributed by atoms with Gasteiger partial charge in [-0.2, -0.15) is 5.10 Å². The lowest BCUT2D eigenvalue weighted by Gasteiger charge is -2.06. The van der Waals surface area contributed by atoms with Crippen molar-refractivity contribution in [3.8, 4) is 5.75 Å². The second-order valence-corrected chi connectivity index (χ2v) is 6.53. The predicted molar refractivity (Wildman–Crippen MR) is 110 cm³/mol. The zero-order valence-electron chi connectivity index (χ0n) is 15.3. The first-order valence-electron chi connectivity index (χ1n) is 8.80. The van der Waals surface area contributed by atoms with E-state index in [0.29, 0.717) is 5.69 Å². The van der Waals surface area contributed by atoms with Crippen LogP contribution in [-0.2, 0) is 6.42 Å². The molecule has 0 saturated carbocycles. The zero-order chi connectivity index (χ0) is 19.7. The van der Waals surface area contributed by atoms with Crippen LogP contribution in [0.3, 0.4) is 0 Å². The smallest absolute Gasteiger partial charge is 0.272 e. The number of H-pyrrole nitrogens is 1. The quantitative estimate of drug-likeness (QED) is 0.316. The lowest BCUT2D eigenvalue weighted by atomic mass is 10.1. The van der Waals surface area contributed by atoms with Crippen LogP contribution in [0.15, 0.2) is 52.7 Å². The fourth-order valence-corrected chi connectivity index (χ4v) is 3.33. The Bertz CT molecular complexity index is 1120. The highest BCUT2D eigenvalue weighted by Gasteiger charge is 2.19. The molecule has 0 spiro atoms. The molecular formula is C20H20N6O2. The van der Waals surface area contributed by atoms with E-state index in [1.54, 1.807) is 13.2 Å². The minimum absolute atomic E-state index is 0.0687. The van der Waals surface area contributed by atoms with Gasteiger partial charge in [0.15, 0.2) is 0 Å². The molecule has 0 bridgehead atoms. The van der Waals surface area contributed by atoms with Gasteiger partial charge in [0.1, 0.15) is 11.4 Å². The van der Waals surface area contributed by atoms with E-state index in [0.717, 1.165) is 52.0 Å². The van der Waals surface area contributed by atoms with Crippen molar-refractivity contribution in [2.24, 2.45) is 21.7 Å². The lowest BCUT2D eigenvalue weighted by Crippen LogP contribution is -2.22. The predicted octanol–water partition coefficient (Wildman–Crippen LogP) is 2.35. The van der Waals surface area contributed by atoms with Crippen LogP contribution in [0.4, 0.5) is 5.69 Å². The summed E-state index contributed by atoms with van der Waals surface area (Å²) >= 11 is 0. The number of hydrogen-bond acceptors (Lipinski definition) is 4. The van der Waals surface area contributed by atoms with Gasteiger partial charge in [0.2, 0.25) is 5.96 Å².